The third-order valence-electron chi connectivity index (χ3n) is 5.86. The maximum atomic E-state index is 13.7. The average molecular weight is 494 g/mol. The van der Waals surface area contributed by atoms with E-state index in [1.165, 1.54) is 25.6 Å². The highest BCUT2D eigenvalue weighted by atomic mass is 32.1. The molecule has 0 unspecified atom stereocenters. The summed E-state index contributed by atoms with van der Waals surface area (Å²) in [7, 11) is 8.36. The maximum Gasteiger partial charge on any atom is 0.338 e. The van der Waals surface area contributed by atoms with Crippen LogP contribution in [0.5, 0.6) is 11.5 Å². The summed E-state index contributed by atoms with van der Waals surface area (Å²) in [4.78, 5) is 33.6. The molecule has 2 heterocycles. The summed E-state index contributed by atoms with van der Waals surface area (Å²) < 4.78 is 18.0. The van der Waals surface area contributed by atoms with E-state index < -0.39 is 12.0 Å². The number of nitrogens with zero attached hydrogens (tertiary/aromatic N) is 3. The lowest BCUT2D eigenvalue weighted by Crippen LogP contribution is -2.39. The van der Waals surface area contributed by atoms with Gasteiger partial charge in [0.15, 0.2) is 16.3 Å². The Kier molecular flexibility index (Phi) is 6.79. The number of thiazole rings is 1. The lowest BCUT2D eigenvalue weighted by molar-refractivity contribution is -0.136. The third-order valence-corrected chi connectivity index (χ3v) is 6.84. The lowest BCUT2D eigenvalue weighted by atomic mass is 9.95. The van der Waals surface area contributed by atoms with E-state index in [9.17, 15) is 9.59 Å². The Labute approximate surface area is 207 Å². The maximum absolute atomic E-state index is 13.7. The van der Waals surface area contributed by atoms with Crippen molar-refractivity contribution in [1.82, 2.24) is 4.57 Å². The number of hydrogen-bond donors (Lipinski definition) is 0. The number of rotatable bonds is 6. The van der Waals surface area contributed by atoms with Gasteiger partial charge in [-0.05, 0) is 48.4 Å². The molecule has 35 heavy (non-hydrogen) atoms. The number of anilines is 1. The van der Waals surface area contributed by atoms with Crippen molar-refractivity contribution < 1.29 is 19.0 Å². The van der Waals surface area contributed by atoms with Crippen molar-refractivity contribution in [3.05, 3.63) is 84.5 Å². The van der Waals surface area contributed by atoms with Crippen molar-refractivity contribution in [2.45, 2.75) is 13.0 Å². The van der Waals surface area contributed by atoms with Crippen LogP contribution >= 0.6 is 11.3 Å². The third kappa shape index (κ3) is 4.46. The minimum atomic E-state index is -0.725. The van der Waals surface area contributed by atoms with E-state index in [2.05, 4.69) is 4.99 Å². The number of aromatic nitrogens is 1. The summed E-state index contributed by atoms with van der Waals surface area (Å²) in [5, 5.41) is 0. The van der Waals surface area contributed by atoms with E-state index >= 15 is 0 Å². The largest absolute Gasteiger partial charge is 0.493 e. The minimum absolute atomic E-state index is 0.237. The number of methoxy groups -OCH3 is 3. The van der Waals surface area contributed by atoms with E-state index in [0.29, 0.717) is 37.7 Å². The molecule has 1 aliphatic heterocycles. The summed E-state index contributed by atoms with van der Waals surface area (Å²) >= 11 is 1.28. The van der Waals surface area contributed by atoms with Crippen LogP contribution in [-0.2, 0) is 9.53 Å². The predicted octanol–water partition coefficient (Wildman–Crippen LogP) is 2.49. The fourth-order valence-corrected chi connectivity index (χ4v) is 5.10. The minimum Gasteiger partial charge on any atom is -0.493 e. The van der Waals surface area contributed by atoms with Crippen LogP contribution in [0.3, 0.4) is 0 Å². The number of hydrogen-bond acceptors (Lipinski definition) is 8. The topological polar surface area (TPSA) is 82.4 Å². The molecule has 182 valence electrons. The van der Waals surface area contributed by atoms with Crippen molar-refractivity contribution >= 4 is 29.1 Å². The van der Waals surface area contributed by atoms with Gasteiger partial charge >= 0.3 is 5.97 Å². The van der Waals surface area contributed by atoms with Crippen molar-refractivity contribution in [1.29, 1.82) is 0 Å². The zero-order valence-corrected chi connectivity index (χ0v) is 21.3. The Morgan fingerprint density at radius 2 is 1.74 bits per heavy atom. The molecule has 2 aromatic carbocycles. The van der Waals surface area contributed by atoms with Crippen LogP contribution in [0.25, 0.3) is 6.08 Å². The molecular weight excluding hydrogens is 466 g/mol. The Balaban J connectivity index is 1.93. The Bertz CT molecular complexity index is 1480. The number of carbonyl (C=O) groups excluding carboxylic acids is 1. The van der Waals surface area contributed by atoms with Crippen LogP contribution in [0, 0.1) is 0 Å². The second-order valence-corrected chi connectivity index (χ2v) is 9.18. The van der Waals surface area contributed by atoms with Gasteiger partial charge in [0.2, 0.25) is 0 Å². The molecule has 0 saturated carbocycles. The van der Waals surface area contributed by atoms with Gasteiger partial charge < -0.3 is 19.1 Å². The molecule has 1 aliphatic rings. The summed E-state index contributed by atoms with van der Waals surface area (Å²) in [5.74, 6) is 0.497. The molecule has 0 bridgehead atoms. The van der Waals surface area contributed by atoms with Gasteiger partial charge in [-0.25, -0.2) is 9.79 Å². The Morgan fingerprint density at radius 3 is 2.34 bits per heavy atom. The molecular formula is C26H27N3O5S. The molecule has 1 aromatic heterocycles. The van der Waals surface area contributed by atoms with Crippen LogP contribution in [0.4, 0.5) is 5.69 Å². The SMILES string of the molecule is COC(=O)C1=C(C)N=c2s/c(=C/c3ccc(N(C)C)cc3)c(=O)n2[C@@H]1c1ccc(OC)c(OC)c1. The second-order valence-electron chi connectivity index (χ2n) is 8.17. The first-order valence-electron chi connectivity index (χ1n) is 10.9. The zero-order valence-electron chi connectivity index (χ0n) is 20.5. The molecule has 4 rings (SSSR count). The first-order valence-corrected chi connectivity index (χ1v) is 11.7. The van der Waals surface area contributed by atoms with Crippen LogP contribution < -0.4 is 29.3 Å². The molecule has 0 aliphatic carbocycles. The molecule has 8 nitrogen and oxygen atoms in total. The number of allylic oxidation sites excluding steroid dienone is 1. The van der Waals surface area contributed by atoms with Gasteiger partial charge in [0.25, 0.3) is 5.56 Å². The molecule has 3 aromatic rings. The Hall–Kier alpha value is -3.85. The molecule has 0 amide bonds. The van der Waals surface area contributed by atoms with E-state index in [4.69, 9.17) is 14.2 Å². The highest BCUT2D eigenvalue weighted by Crippen LogP contribution is 2.35. The Morgan fingerprint density at radius 1 is 1.06 bits per heavy atom. The van der Waals surface area contributed by atoms with Gasteiger partial charge in [-0.3, -0.25) is 9.36 Å². The van der Waals surface area contributed by atoms with E-state index in [1.54, 1.807) is 30.7 Å². The first kappa shape index (κ1) is 24.3. The molecule has 0 N–H and O–H groups in total. The molecule has 0 fully saturated rings. The number of esters is 1. The average Bonchev–Trinajstić information content (AvgIpc) is 3.16. The van der Waals surface area contributed by atoms with Gasteiger partial charge in [-0.15, -0.1) is 0 Å². The smallest absolute Gasteiger partial charge is 0.338 e. The highest BCUT2D eigenvalue weighted by molar-refractivity contribution is 7.07. The van der Waals surface area contributed by atoms with Gasteiger partial charge in [0.1, 0.15) is 0 Å². The van der Waals surface area contributed by atoms with Crippen molar-refractivity contribution in [3.63, 3.8) is 0 Å². The molecule has 0 saturated heterocycles. The van der Waals surface area contributed by atoms with Crippen molar-refractivity contribution in [2.24, 2.45) is 4.99 Å². The fourth-order valence-electron chi connectivity index (χ4n) is 4.05. The monoisotopic (exact) mass is 493 g/mol. The summed E-state index contributed by atoms with van der Waals surface area (Å²) in [5.41, 5.74) is 3.20. The lowest BCUT2D eigenvalue weighted by Gasteiger charge is -2.25. The van der Waals surface area contributed by atoms with Crippen molar-refractivity contribution in [3.8, 4) is 11.5 Å². The normalized spacial score (nSPS) is 15.4. The zero-order chi connectivity index (χ0) is 25.3. The van der Waals surface area contributed by atoms with Gasteiger partial charge in [0, 0.05) is 19.8 Å². The first-order chi connectivity index (χ1) is 16.8. The highest BCUT2D eigenvalue weighted by Gasteiger charge is 2.33. The number of fused-ring (bicyclic) bond motifs is 1. The molecule has 9 heteroatoms. The molecule has 1 atom stereocenters. The number of carbonyl (C=O) groups is 1. The predicted molar refractivity (Wildman–Crippen MR) is 136 cm³/mol. The second kappa shape index (κ2) is 9.79. The summed E-state index contributed by atoms with van der Waals surface area (Å²) in [6.07, 6.45) is 1.84. The van der Waals surface area contributed by atoms with E-state index in [0.717, 1.165) is 11.3 Å². The summed E-state index contributed by atoms with van der Waals surface area (Å²) in [6.45, 7) is 1.75. The number of ether oxygens (including phenoxy) is 3. The number of benzene rings is 2. The standard InChI is InChI=1S/C26H27N3O5S/c1-15-22(25(31)34-6)23(17-9-12-19(32-4)20(14-17)33-5)29-24(30)21(35-26(29)27-15)13-16-7-10-18(11-8-16)28(2)3/h7-14,23H,1-6H3/b21-13+/t23-/m1/s1. The summed E-state index contributed by atoms with van der Waals surface area (Å²) in [6, 6.07) is 12.5. The van der Waals surface area contributed by atoms with Gasteiger partial charge in [-0.1, -0.05) is 29.5 Å². The fraction of sp³-hybridized carbons (Fsp3) is 0.269. The van der Waals surface area contributed by atoms with Crippen LogP contribution in [0.2, 0.25) is 0 Å². The molecule has 0 radical (unpaired) electrons. The van der Waals surface area contributed by atoms with E-state index in [1.807, 2.05) is 55.4 Å². The van der Waals surface area contributed by atoms with Crippen molar-refractivity contribution in [2.75, 3.05) is 40.3 Å². The quantitative estimate of drug-likeness (QED) is 0.491. The van der Waals surface area contributed by atoms with Gasteiger partial charge in [-0.2, -0.15) is 0 Å². The van der Waals surface area contributed by atoms with Crippen LogP contribution in [0.15, 0.2) is 63.5 Å². The molecule has 0 spiro atoms. The van der Waals surface area contributed by atoms with Gasteiger partial charge in [0.05, 0.1) is 43.2 Å². The van der Waals surface area contributed by atoms with E-state index in [-0.39, 0.29) is 5.56 Å². The van der Waals surface area contributed by atoms with Crippen LogP contribution in [-0.4, -0.2) is 46.0 Å². The van der Waals surface area contributed by atoms with Crippen LogP contribution in [0.1, 0.15) is 24.1 Å².